The Kier molecular flexibility index (Phi) is 5.72. The minimum atomic E-state index is -0.507. The Labute approximate surface area is 155 Å². The number of rotatable bonds is 3. The van der Waals surface area contributed by atoms with Gasteiger partial charge in [-0.05, 0) is 36.4 Å². The van der Waals surface area contributed by atoms with Crippen molar-refractivity contribution >= 4 is 62.6 Å². The van der Waals surface area contributed by atoms with E-state index >= 15 is 0 Å². The quantitative estimate of drug-likeness (QED) is 0.375. The lowest BCUT2D eigenvalue weighted by atomic mass is 10.0. The van der Waals surface area contributed by atoms with E-state index in [1.165, 1.54) is 24.3 Å². The Bertz CT molecular complexity index is 873. The normalized spacial score (nSPS) is 10.7. The third-order valence-corrected chi connectivity index (χ3v) is 4.55. The second kappa shape index (κ2) is 7.37. The molecule has 0 aliphatic rings. The van der Waals surface area contributed by atoms with Gasteiger partial charge in [0.1, 0.15) is 11.8 Å². The summed E-state index contributed by atoms with van der Waals surface area (Å²) in [5.41, 5.74) is 0.376. The maximum atomic E-state index is 12.3. The molecule has 0 heterocycles. The van der Waals surface area contributed by atoms with E-state index in [-0.39, 0.29) is 21.9 Å². The maximum Gasteiger partial charge on any atom is 0.189 e. The number of aromatic hydroxyl groups is 1. The summed E-state index contributed by atoms with van der Waals surface area (Å²) in [7, 11) is 0. The van der Waals surface area contributed by atoms with Crippen LogP contribution in [0.15, 0.2) is 34.8 Å². The van der Waals surface area contributed by atoms with Crippen LogP contribution in [0.3, 0.4) is 0 Å². The molecule has 0 radical (unpaired) electrons. The largest absolute Gasteiger partial charge is 0.506 e. The first-order valence-corrected chi connectivity index (χ1v) is 8.06. The molecule has 1 N–H and O–H groups in total. The van der Waals surface area contributed by atoms with Crippen LogP contribution in [0, 0.1) is 11.3 Å². The summed E-state index contributed by atoms with van der Waals surface area (Å²) in [5.74, 6) is -0.888. The average molecular weight is 432 g/mol. The first-order valence-electron chi connectivity index (χ1n) is 6.13. The summed E-state index contributed by atoms with van der Waals surface area (Å²) in [5, 5.41) is 19.8. The van der Waals surface area contributed by atoms with E-state index in [1.54, 1.807) is 12.1 Å². The molecule has 116 valence electrons. The van der Waals surface area contributed by atoms with Gasteiger partial charge in [0.15, 0.2) is 5.78 Å². The Morgan fingerprint density at radius 2 is 1.87 bits per heavy atom. The van der Waals surface area contributed by atoms with E-state index in [4.69, 9.17) is 40.1 Å². The van der Waals surface area contributed by atoms with E-state index in [1.807, 2.05) is 6.07 Å². The predicted molar refractivity (Wildman–Crippen MR) is 95.4 cm³/mol. The van der Waals surface area contributed by atoms with Crippen LogP contribution in [-0.2, 0) is 0 Å². The summed E-state index contributed by atoms with van der Waals surface area (Å²) in [4.78, 5) is 12.3. The van der Waals surface area contributed by atoms with Crippen molar-refractivity contribution in [3.05, 3.63) is 66.6 Å². The average Bonchev–Trinajstić information content (AvgIpc) is 2.52. The lowest BCUT2D eigenvalue weighted by Gasteiger charge is -2.05. The van der Waals surface area contributed by atoms with Crippen LogP contribution in [0.1, 0.15) is 21.5 Å². The molecule has 7 heteroatoms. The molecule has 0 aromatic heterocycles. The van der Waals surface area contributed by atoms with Gasteiger partial charge in [-0.1, -0.05) is 50.7 Å². The fraction of sp³-hybridized carbons (Fsp3) is 0. The highest BCUT2D eigenvalue weighted by molar-refractivity contribution is 9.10. The number of hydrogen-bond donors (Lipinski definition) is 1. The molecule has 0 saturated carbocycles. The van der Waals surface area contributed by atoms with Crippen molar-refractivity contribution < 1.29 is 9.90 Å². The van der Waals surface area contributed by atoms with Gasteiger partial charge in [0, 0.05) is 15.1 Å². The Morgan fingerprint density at radius 1 is 1.22 bits per heavy atom. The number of phenols is 1. The van der Waals surface area contributed by atoms with Crippen LogP contribution in [0.4, 0.5) is 0 Å². The highest BCUT2D eigenvalue weighted by atomic mass is 79.9. The number of allylic oxidation sites excluding steroid dienone is 1. The first-order chi connectivity index (χ1) is 10.8. The minimum Gasteiger partial charge on any atom is -0.506 e. The third kappa shape index (κ3) is 3.88. The molecule has 0 spiro atoms. The molecule has 0 fully saturated rings. The van der Waals surface area contributed by atoms with Crippen LogP contribution in [0.5, 0.6) is 5.75 Å². The zero-order valence-corrected chi connectivity index (χ0v) is 15.1. The van der Waals surface area contributed by atoms with Crippen molar-refractivity contribution in [2.45, 2.75) is 0 Å². The van der Waals surface area contributed by atoms with Crippen LogP contribution < -0.4 is 0 Å². The number of nitrogens with zero attached hydrogens (tertiary/aromatic N) is 1. The molecule has 0 amide bonds. The first kappa shape index (κ1) is 17.8. The van der Waals surface area contributed by atoms with Gasteiger partial charge in [-0.3, -0.25) is 4.79 Å². The van der Waals surface area contributed by atoms with Crippen molar-refractivity contribution in [1.82, 2.24) is 0 Å². The molecule has 0 aliphatic carbocycles. The second-order valence-electron chi connectivity index (χ2n) is 4.42. The van der Waals surface area contributed by atoms with Crippen molar-refractivity contribution in [2.24, 2.45) is 0 Å². The summed E-state index contributed by atoms with van der Waals surface area (Å²) in [6.45, 7) is 0. The fourth-order valence-corrected chi connectivity index (χ4v) is 2.94. The van der Waals surface area contributed by atoms with Gasteiger partial charge in [0.2, 0.25) is 0 Å². The number of benzene rings is 2. The Hall–Kier alpha value is -1.51. The van der Waals surface area contributed by atoms with E-state index in [0.29, 0.717) is 20.1 Å². The summed E-state index contributed by atoms with van der Waals surface area (Å²) in [6, 6.07) is 7.76. The molecule has 2 aromatic carbocycles. The molecule has 0 bridgehead atoms. The van der Waals surface area contributed by atoms with E-state index in [2.05, 4.69) is 15.9 Å². The van der Waals surface area contributed by atoms with Crippen LogP contribution in [0.2, 0.25) is 15.1 Å². The molecular formula is C16H7BrCl3NO2. The lowest BCUT2D eigenvalue weighted by molar-refractivity contribution is 0.104. The van der Waals surface area contributed by atoms with Gasteiger partial charge in [-0.25, -0.2) is 0 Å². The molecule has 0 atom stereocenters. The molecular weight excluding hydrogens is 424 g/mol. The molecule has 3 nitrogen and oxygen atoms in total. The lowest BCUT2D eigenvalue weighted by Crippen LogP contribution is -1.97. The molecule has 23 heavy (non-hydrogen) atoms. The zero-order valence-electron chi connectivity index (χ0n) is 11.3. The number of carbonyl (C=O) groups is 1. The van der Waals surface area contributed by atoms with Crippen molar-refractivity contribution in [3.8, 4) is 11.8 Å². The second-order valence-corrected chi connectivity index (χ2v) is 6.52. The zero-order chi connectivity index (χ0) is 17.1. The number of hydrogen-bond acceptors (Lipinski definition) is 3. The van der Waals surface area contributed by atoms with Gasteiger partial charge >= 0.3 is 0 Å². The van der Waals surface area contributed by atoms with E-state index in [0.717, 1.165) is 0 Å². The van der Waals surface area contributed by atoms with E-state index < -0.39 is 5.78 Å². The number of ketones is 1. The van der Waals surface area contributed by atoms with Crippen molar-refractivity contribution in [1.29, 1.82) is 5.26 Å². The topological polar surface area (TPSA) is 61.1 Å². The Balaban J connectivity index is 2.43. The maximum absolute atomic E-state index is 12.3. The van der Waals surface area contributed by atoms with Crippen molar-refractivity contribution in [3.63, 3.8) is 0 Å². The van der Waals surface area contributed by atoms with Gasteiger partial charge < -0.3 is 5.11 Å². The van der Waals surface area contributed by atoms with Gasteiger partial charge in [-0.2, -0.15) is 5.26 Å². The molecule has 2 rings (SSSR count). The van der Waals surface area contributed by atoms with E-state index in [9.17, 15) is 9.90 Å². The van der Waals surface area contributed by atoms with Crippen LogP contribution in [0.25, 0.3) is 6.08 Å². The Morgan fingerprint density at radius 3 is 2.52 bits per heavy atom. The van der Waals surface area contributed by atoms with Crippen LogP contribution in [-0.4, -0.2) is 10.9 Å². The molecule has 2 aromatic rings. The molecule has 0 unspecified atom stereocenters. The predicted octanol–water partition coefficient (Wildman–Crippen LogP) is 5.88. The summed E-state index contributed by atoms with van der Waals surface area (Å²) in [6.07, 6.45) is 2.61. The number of phenolic OH excluding ortho intramolecular Hbond substituents is 1. The monoisotopic (exact) mass is 429 g/mol. The van der Waals surface area contributed by atoms with Crippen molar-refractivity contribution in [2.75, 3.05) is 0 Å². The van der Waals surface area contributed by atoms with Crippen LogP contribution >= 0.6 is 50.7 Å². The minimum absolute atomic E-state index is 0.00468. The third-order valence-electron chi connectivity index (χ3n) is 2.94. The number of carbonyl (C=O) groups excluding carboxylic acids is 1. The smallest absolute Gasteiger partial charge is 0.189 e. The summed E-state index contributed by atoms with van der Waals surface area (Å²) < 4.78 is 0.502. The van der Waals surface area contributed by atoms with Gasteiger partial charge in [0.25, 0.3) is 0 Å². The standard InChI is InChI=1S/C16H7BrCl3NO2/c17-9-5-8(7-21)16(23)11(6-9)14(22)4-1-10-12(18)2-3-13(19)15(10)20/h1-6,23H/b4-1+. The summed E-state index contributed by atoms with van der Waals surface area (Å²) >= 11 is 21.2. The fourth-order valence-electron chi connectivity index (χ4n) is 1.82. The number of halogens is 4. The molecule has 0 saturated heterocycles. The highest BCUT2D eigenvalue weighted by Gasteiger charge is 2.15. The van der Waals surface area contributed by atoms with Gasteiger partial charge in [0.05, 0.1) is 21.2 Å². The van der Waals surface area contributed by atoms with Gasteiger partial charge in [-0.15, -0.1) is 0 Å². The number of nitriles is 1. The SMILES string of the molecule is N#Cc1cc(Br)cc(C(=O)/C=C/c2c(Cl)ccc(Cl)c2Cl)c1O. The highest BCUT2D eigenvalue weighted by Crippen LogP contribution is 2.33. The molecule has 0 aliphatic heterocycles.